The Morgan fingerprint density at radius 3 is 2.89 bits per heavy atom. The van der Waals surface area contributed by atoms with Gasteiger partial charge < -0.3 is 10.1 Å². The van der Waals surface area contributed by atoms with Crippen molar-refractivity contribution < 1.29 is 4.74 Å². The summed E-state index contributed by atoms with van der Waals surface area (Å²) in [5.74, 6) is 0.709. The molecule has 1 saturated heterocycles. The molecule has 1 aliphatic rings. The van der Waals surface area contributed by atoms with Gasteiger partial charge in [-0.05, 0) is 25.7 Å². The first-order valence-electron chi connectivity index (χ1n) is 7.58. The van der Waals surface area contributed by atoms with Crippen LogP contribution in [0, 0.1) is 12.8 Å². The van der Waals surface area contributed by atoms with Gasteiger partial charge in [-0.3, -0.25) is 5.10 Å². The average Bonchev–Trinajstić information content (AvgIpc) is 2.84. The van der Waals surface area contributed by atoms with Crippen LogP contribution in [-0.4, -0.2) is 29.0 Å². The highest BCUT2D eigenvalue weighted by molar-refractivity contribution is 5.13. The lowest BCUT2D eigenvalue weighted by Crippen LogP contribution is -2.41. The molecule has 2 N–H and O–H groups in total. The van der Waals surface area contributed by atoms with E-state index in [1.165, 1.54) is 18.4 Å². The average molecular weight is 265 g/mol. The van der Waals surface area contributed by atoms with Crippen molar-refractivity contribution in [1.82, 2.24) is 15.5 Å². The van der Waals surface area contributed by atoms with Crippen LogP contribution in [0.15, 0.2) is 6.20 Å². The van der Waals surface area contributed by atoms with E-state index >= 15 is 0 Å². The van der Waals surface area contributed by atoms with E-state index < -0.39 is 0 Å². The number of aromatic amines is 1. The second-order valence-corrected chi connectivity index (χ2v) is 5.61. The van der Waals surface area contributed by atoms with Crippen molar-refractivity contribution in [2.45, 2.75) is 65.1 Å². The molecule has 0 aliphatic carbocycles. The molecule has 0 unspecified atom stereocenters. The maximum absolute atomic E-state index is 5.95. The van der Waals surface area contributed by atoms with E-state index in [2.05, 4.69) is 36.3 Å². The lowest BCUT2D eigenvalue weighted by molar-refractivity contribution is -0.0350. The van der Waals surface area contributed by atoms with Gasteiger partial charge in [0, 0.05) is 30.5 Å². The molecule has 0 amide bonds. The summed E-state index contributed by atoms with van der Waals surface area (Å²) in [6, 6.07) is 0.577. The Labute approximate surface area is 116 Å². The zero-order valence-corrected chi connectivity index (χ0v) is 12.4. The number of ether oxygens (including phenoxy) is 1. The van der Waals surface area contributed by atoms with E-state index in [4.69, 9.17) is 4.74 Å². The highest BCUT2D eigenvalue weighted by Gasteiger charge is 2.27. The normalized spacial score (nSPS) is 24.0. The lowest BCUT2D eigenvalue weighted by atomic mass is 9.89. The number of hydrogen-bond donors (Lipinski definition) is 2. The molecule has 2 heterocycles. The second-order valence-electron chi connectivity index (χ2n) is 5.61. The van der Waals surface area contributed by atoms with Gasteiger partial charge in [0.1, 0.15) is 0 Å². The Kier molecular flexibility index (Phi) is 5.40. The lowest BCUT2D eigenvalue weighted by Gasteiger charge is -2.34. The summed E-state index contributed by atoms with van der Waals surface area (Å²) < 4.78 is 5.95. The molecule has 4 nitrogen and oxygen atoms in total. The minimum Gasteiger partial charge on any atom is -0.378 e. The van der Waals surface area contributed by atoms with Crippen molar-refractivity contribution in [3.63, 3.8) is 0 Å². The minimum atomic E-state index is 0.437. The molecular formula is C15H27N3O. The van der Waals surface area contributed by atoms with Gasteiger partial charge in [-0.15, -0.1) is 0 Å². The molecule has 1 aromatic heterocycles. The maximum Gasteiger partial charge on any atom is 0.0617 e. The number of nitrogens with zero attached hydrogens (tertiary/aromatic N) is 1. The Hall–Kier alpha value is -0.870. The molecule has 1 aliphatic heterocycles. The van der Waals surface area contributed by atoms with Gasteiger partial charge in [0.2, 0.25) is 0 Å². The Balaban J connectivity index is 1.82. The fourth-order valence-corrected chi connectivity index (χ4v) is 2.96. The first-order valence-corrected chi connectivity index (χ1v) is 7.58. The molecule has 0 aromatic carbocycles. The van der Waals surface area contributed by atoms with Crippen LogP contribution in [0.3, 0.4) is 0 Å². The standard InChI is InChI=1S/C15H27N3O/c1-4-12(5-2)15-8-14(6-7-19-15)16-9-13-10-17-18-11(13)3/h10,12,14-16H,4-9H2,1-3H3,(H,17,18)/t14-,15-/m0/s1. The van der Waals surface area contributed by atoms with Crippen LogP contribution in [0.1, 0.15) is 50.8 Å². The van der Waals surface area contributed by atoms with E-state index in [0.29, 0.717) is 18.1 Å². The van der Waals surface area contributed by atoms with Crippen molar-refractivity contribution in [1.29, 1.82) is 0 Å². The Morgan fingerprint density at radius 2 is 2.26 bits per heavy atom. The van der Waals surface area contributed by atoms with Crippen LogP contribution < -0.4 is 5.32 Å². The number of H-pyrrole nitrogens is 1. The van der Waals surface area contributed by atoms with E-state index in [9.17, 15) is 0 Å². The largest absolute Gasteiger partial charge is 0.378 e. The number of aryl methyl sites for hydroxylation is 1. The molecule has 2 rings (SSSR count). The van der Waals surface area contributed by atoms with Crippen LogP contribution in [0.4, 0.5) is 0 Å². The number of rotatable bonds is 6. The summed E-state index contributed by atoms with van der Waals surface area (Å²) in [6.45, 7) is 8.40. The topological polar surface area (TPSA) is 49.9 Å². The number of nitrogens with one attached hydrogen (secondary N) is 2. The first-order chi connectivity index (χ1) is 9.24. The SMILES string of the molecule is CCC(CC)[C@@H]1C[C@@H](NCc2cn[nH]c2C)CCO1. The van der Waals surface area contributed by atoms with Crippen molar-refractivity contribution in [2.24, 2.45) is 5.92 Å². The fraction of sp³-hybridized carbons (Fsp3) is 0.800. The van der Waals surface area contributed by atoms with Gasteiger partial charge >= 0.3 is 0 Å². The summed E-state index contributed by atoms with van der Waals surface area (Å²) in [7, 11) is 0. The third kappa shape index (κ3) is 3.80. The quantitative estimate of drug-likeness (QED) is 0.831. The van der Waals surface area contributed by atoms with Gasteiger partial charge in [0.15, 0.2) is 0 Å². The van der Waals surface area contributed by atoms with Gasteiger partial charge in [-0.2, -0.15) is 5.10 Å². The molecule has 19 heavy (non-hydrogen) atoms. The molecule has 1 fully saturated rings. The third-order valence-corrected chi connectivity index (χ3v) is 4.41. The van der Waals surface area contributed by atoms with Crippen molar-refractivity contribution in [3.05, 3.63) is 17.5 Å². The van der Waals surface area contributed by atoms with Crippen LogP contribution >= 0.6 is 0 Å². The minimum absolute atomic E-state index is 0.437. The van der Waals surface area contributed by atoms with E-state index in [-0.39, 0.29) is 0 Å². The molecule has 2 atom stereocenters. The van der Waals surface area contributed by atoms with Gasteiger partial charge in [-0.1, -0.05) is 26.7 Å². The first kappa shape index (κ1) is 14.5. The van der Waals surface area contributed by atoms with E-state index in [1.54, 1.807) is 0 Å². The highest BCUT2D eigenvalue weighted by Crippen LogP contribution is 2.25. The molecule has 0 saturated carbocycles. The molecule has 0 spiro atoms. The number of hydrogen-bond acceptors (Lipinski definition) is 3. The van der Waals surface area contributed by atoms with Crippen LogP contribution in [-0.2, 0) is 11.3 Å². The summed E-state index contributed by atoms with van der Waals surface area (Å²) in [5.41, 5.74) is 2.43. The summed E-state index contributed by atoms with van der Waals surface area (Å²) in [6.07, 6.45) is 7.05. The maximum atomic E-state index is 5.95. The summed E-state index contributed by atoms with van der Waals surface area (Å²) in [5, 5.41) is 10.7. The van der Waals surface area contributed by atoms with Crippen molar-refractivity contribution >= 4 is 0 Å². The van der Waals surface area contributed by atoms with E-state index in [1.807, 2.05) is 6.20 Å². The highest BCUT2D eigenvalue weighted by atomic mass is 16.5. The predicted molar refractivity (Wildman–Crippen MR) is 77.0 cm³/mol. The van der Waals surface area contributed by atoms with Crippen LogP contribution in [0.25, 0.3) is 0 Å². The van der Waals surface area contributed by atoms with E-state index in [0.717, 1.165) is 31.7 Å². The van der Waals surface area contributed by atoms with Crippen molar-refractivity contribution in [3.8, 4) is 0 Å². The molecular weight excluding hydrogens is 238 g/mol. The van der Waals surface area contributed by atoms with Crippen LogP contribution in [0.5, 0.6) is 0 Å². The Morgan fingerprint density at radius 1 is 1.47 bits per heavy atom. The summed E-state index contributed by atoms with van der Waals surface area (Å²) in [4.78, 5) is 0. The summed E-state index contributed by atoms with van der Waals surface area (Å²) >= 11 is 0. The molecule has 0 bridgehead atoms. The second kappa shape index (κ2) is 7.06. The predicted octanol–water partition coefficient (Wildman–Crippen LogP) is 2.79. The molecule has 108 valence electrons. The van der Waals surface area contributed by atoms with Gasteiger partial charge in [0.05, 0.1) is 12.3 Å². The van der Waals surface area contributed by atoms with Gasteiger partial charge in [-0.25, -0.2) is 0 Å². The molecule has 1 aromatic rings. The zero-order valence-electron chi connectivity index (χ0n) is 12.4. The molecule has 4 heteroatoms. The van der Waals surface area contributed by atoms with Crippen molar-refractivity contribution in [2.75, 3.05) is 6.61 Å². The van der Waals surface area contributed by atoms with Gasteiger partial charge in [0.25, 0.3) is 0 Å². The smallest absolute Gasteiger partial charge is 0.0617 e. The molecule has 0 radical (unpaired) electrons. The fourth-order valence-electron chi connectivity index (χ4n) is 2.96. The Bertz CT molecular complexity index is 373. The zero-order chi connectivity index (χ0) is 13.7. The number of aromatic nitrogens is 2. The third-order valence-electron chi connectivity index (χ3n) is 4.41. The van der Waals surface area contributed by atoms with Crippen LogP contribution in [0.2, 0.25) is 0 Å². The monoisotopic (exact) mass is 265 g/mol.